The van der Waals surface area contributed by atoms with Crippen LogP contribution in [0.2, 0.25) is 0 Å². The van der Waals surface area contributed by atoms with Crippen LogP contribution in [0.1, 0.15) is 24.2 Å². The van der Waals surface area contributed by atoms with Crippen molar-refractivity contribution in [2.45, 2.75) is 18.4 Å². The third-order valence-corrected chi connectivity index (χ3v) is 3.14. The zero-order valence-electron chi connectivity index (χ0n) is 9.27. The van der Waals surface area contributed by atoms with Crippen molar-refractivity contribution in [1.29, 1.82) is 5.26 Å². The standard InChI is InChI=1S/C13H12N4/c14-7-9-2-1-3-10(6-9)11-8-16-12(17-11)13(15)4-5-13/h1-3,6,8H,4-5,15H2,(H,16,17). The van der Waals surface area contributed by atoms with Crippen molar-refractivity contribution in [1.82, 2.24) is 9.97 Å². The summed E-state index contributed by atoms with van der Waals surface area (Å²) in [6.45, 7) is 0. The number of nitriles is 1. The van der Waals surface area contributed by atoms with E-state index in [2.05, 4.69) is 16.0 Å². The Labute approximate surface area is 99.1 Å². The molecule has 0 aliphatic heterocycles. The molecule has 0 spiro atoms. The highest BCUT2D eigenvalue weighted by Gasteiger charge is 2.42. The van der Waals surface area contributed by atoms with Gasteiger partial charge in [0.05, 0.1) is 29.1 Å². The van der Waals surface area contributed by atoms with E-state index < -0.39 is 0 Å². The van der Waals surface area contributed by atoms with E-state index in [4.69, 9.17) is 11.0 Å². The van der Waals surface area contributed by atoms with Gasteiger partial charge in [-0.2, -0.15) is 5.26 Å². The van der Waals surface area contributed by atoms with Crippen LogP contribution in [0.4, 0.5) is 0 Å². The first-order valence-corrected chi connectivity index (χ1v) is 5.56. The predicted molar refractivity (Wildman–Crippen MR) is 63.8 cm³/mol. The molecule has 0 unspecified atom stereocenters. The van der Waals surface area contributed by atoms with Gasteiger partial charge < -0.3 is 10.7 Å². The first-order chi connectivity index (χ1) is 8.21. The summed E-state index contributed by atoms with van der Waals surface area (Å²) in [5, 5.41) is 8.86. The van der Waals surface area contributed by atoms with Gasteiger partial charge >= 0.3 is 0 Å². The highest BCUT2D eigenvalue weighted by molar-refractivity contribution is 5.61. The summed E-state index contributed by atoms with van der Waals surface area (Å²) in [5.74, 6) is 0.842. The smallest absolute Gasteiger partial charge is 0.126 e. The minimum absolute atomic E-state index is 0.245. The SMILES string of the molecule is N#Cc1cccc(-c2cnc(C3(N)CC3)[nH]2)c1. The van der Waals surface area contributed by atoms with Crippen molar-refractivity contribution in [2.75, 3.05) is 0 Å². The van der Waals surface area contributed by atoms with Crippen LogP contribution in [0.25, 0.3) is 11.3 Å². The van der Waals surface area contributed by atoms with E-state index in [1.807, 2.05) is 18.2 Å². The molecule has 1 aliphatic rings. The van der Waals surface area contributed by atoms with Crippen LogP contribution in [0.5, 0.6) is 0 Å². The lowest BCUT2D eigenvalue weighted by molar-refractivity contribution is 0.685. The minimum Gasteiger partial charge on any atom is -0.340 e. The summed E-state index contributed by atoms with van der Waals surface area (Å²) in [6.07, 6.45) is 3.75. The zero-order chi connectivity index (χ0) is 11.9. The second-order valence-electron chi connectivity index (χ2n) is 4.49. The van der Waals surface area contributed by atoms with E-state index in [-0.39, 0.29) is 5.54 Å². The number of aromatic nitrogens is 2. The number of aromatic amines is 1. The van der Waals surface area contributed by atoms with E-state index in [9.17, 15) is 0 Å². The molecule has 1 aliphatic carbocycles. The number of nitrogens with one attached hydrogen (secondary N) is 1. The second kappa shape index (κ2) is 3.44. The van der Waals surface area contributed by atoms with Gasteiger partial charge in [0.25, 0.3) is 0 Å². The van der Waals surface area contributed by atoms with Gasteiger partial charge in [-0.05, 0) is 25.0 Å². The van der Waals surface area contributed by atoms with Crippen LogP contribution < -0.4 is 5.73 Å². The first kappa shape index (κ1) is 10.1. The fourth-order valence-electron chi connectivity index (χ4n) is 1.85. The fourth-order valence-corrected chi connectivity index (χ4v) is 1.85. The Kier molecular flexibility index (Phi) is 2.03. The fraction of sp³-hybridized carbons (Fsp3) is 0.231. The van der Waals surface area contributed by atoms with Gasteiger partial charge in [-0.25, -0.2) is 4.98 Å². The molecule has 0 atom stereocenters. The van der Waals surface area contributed by atoms with Gasteiger partial charge in [0, 0.05) is 5.56 Å². The van der Waals surface area contributed by atoms with Crippen LogP contribution in [-0.4, -0.2) is 9.97 Å². The van der Waals surface area contributed by atoms with E-state index in [0.717, 1.165) is 29.9 Å². The van der Waals surface area contributed by atoms with Gasteiger partial charge in [-0.15, -0.1) is 0 Å². The molecule has 4 nitrogen and oxygen atoms in total. The maximum absolute atomic E-state index is 8.86. The quantitative estimate of drug-likeness (QED) is 0.817. The van der Waals surface area contributed by atoms with Gasteiger partial charge in [-0.1, -0.05) is 12.1 Å². The minimum atomic E-state index is -0.245. The number of benzene rings is 1. The van der Waals surface area contributed by atoms with Gasteiger partial charge in [0.2, 0.25) is 0 Å². The molecular weight excluding hydrogens is 212 g/mol. The molecule has 0 saturated heterocycles. The lowest BCUT2D eigenvalue weighted by Gasteiger charge is -2.03. The Balaban J connectivity index is 1.98. The summed E-state index contributed by atoms with van der Waals surface area (Å²) in [4.78, 5) is 7.56. The molecule has 2 aromatic rings. The number of H-pyrrole nitrogens is 1. The zero-order valence-corrected chi connectivity index (χ0v) is 9.27. The van der Waals surface area contributed by atoms with Gasteiger partial charge in [0.15, 0.2) is 0 Å². The molecule has 3 rings (SSSR count). The van der Waals surface area contributed by atoms with Crippen LogP contribution in [0.15, 0.2) is 30.5 Å². The molecule has 0 bridgehead atoms. The normalized spacial score (nSPS) is 16.5. The number of nitrogens with two attached hydrogens (primary N) is 1. The molecule has 1 aromatic carbocycles. The average Bonchev–Trinajstić information content (AvgIpc) is 2.94. The molecule has 1 heterocycles. The van der Waals surface area contributed by atoms with E-state index >= 15 is 0 Å². The lowest BCUT2D eigenvalue weighted by Crippen LogP contribution is -2.20. The monoisotopic (exact) mass is 224 g/mol. The van der Waals surface area contributed by atoms with Crippen LogP contribution in [0, 0.1) is 11.3 Å². The van der Waals surface area contributed by atoms with Crippen molar-refractivity contribution in [3.05, 3.63) is 41.9 Å². The van der Waals surface area contributed by atoms with Crippen molar-refractivity contribution < 1.29 is 0 Å². The van der Waals surface area contributed by atoms with Crippen molar-refractivity contribution >= 4 is 0 Å². The largest absolute Gasteiger partial charge is 0.340 e. The summed E-state index contributed by atoms with van der Waals surface area (Å²) in [5.41, 5.74) is 8.35. The van der Waals surface area contributed by atoms with Crippen LogP contribution in [-0.2, 0) is 5.54 Å². The number of hydrogen-bond donors (Lipinski definition) is 2. The van der Waals surface area contributed by atoms with E-state index in [1.54, 1.807) is 12.3 Å². The van der Waals surface area contributed by atoms with Gasteiger partial charge in [-0.3, -0.25) is 0 Å². The molecule has 84 valence electrons. The van der Waals surface area contributed by atoms with Crippen molar-refractivity contribution in [3.8, 4) is 17.3 Å². The Hall–Kier alpha value is -2.12. The second-order valence-corrected chi connectivity index (χ2v) is 4.49. The Bertz CT molecular complexity index is 602. The predicted octanol–water partition coefficient (Wildman–Crippen LogP) is 1.90. The number of nitrogens with zero attached hydrogens (tertiary/aromatic N) is 2. The lowest BCUT2D eigenvalue weighted by atomic mass is 10.1. The Morgan fingerprint density at radius 1 is 1.41 bits per heavy atom. The first-order valence-electron chi connectivity index (χ1n) is 5.56. The molecule has 3 N–H and O–H groups in total. The summed E-state index contributed by atoms with van der Waals surface area (Å²) < 4.78 is 0. The molecule has 1 saturated carbocycles. The Morgan fingerprint density at radius 3 is 2.94 bits per heavy atom. The van der Waals surface area contributed by atoms with Crippen LogP contribution >= 0.6 is 0 Å². The molecule has 4 heteroatoms. The third-order valence-electron chi connectivity index (χ3n) is 3.14. The molecule has 17 heavy (non-hydrogen) atoms. The highest BCUT2D eigenvalue weighted by Crippen LogP contribution is 2.41. The van der Waals surface area contributed by atoms with Crippen molar-refractivity contribution in [2.24, 2.45) is 5.73 Å². The molecule has 1 fully saturated rings. The summed E-state index contributed by atoms with van der Waals surface area (Å²) >= 11 is 0. The summed E-state index contributed by atoms with van der Waals surface area (Å²) in [6, 6.07) is 9.57. The summed E-state index contributed by atoms with van der Waals surface area (Å²) in [7, 11) is 0. The van der Waals surface area contributed by atoms with E-state index in [0.29, 0.717) is 5.56 Å². The van der Waals surface area contributed by atoms with Crippen molar-refractivity contribution in [3.63, 3.8) is 0 Å². The number of hydrogen-bond acceptors (Lipinski definition) is 3. The van der Waals surface area contributed by atoms with Crippen LogP contribution in [0.3, 0.4) is 0 Å². The molecule has 1 aromatic heterocycles. The highest BCUT2D eigenvalue weighted by atomic mass is 15.0. The maximum atomic E-state index is 8.86. The average molecular weight is 224 g/mol. The van der Waals surface area contributed by atoms with E-state index in [1.165, 1.54) is 0 Å². The number of imidazole rings is 1. The molecule has 0 amide bonds. The van der Waals surface area contributed by atoms with Gasteiger partial charge in [0.1, 0.15) is 5.82 Å². The molecule has 0 radical (unpaired) electrons. The topological polar surface area (TPSA) is 78.5 Å². The number of rotatable bonds is 2. The Morgan fingerprint density at radius 2 is 2.24 bits per heavy atom. The molecular formula is C13H12N4. The maximum Gasteiger partial charge on any atom is 0.126 e. The third kappa shape index (κ3) is 1.71.